The number of methoxy groups -OCH3 is 1. The second-order valence-corrected chi connectivity index (χ2v) is 4.05. The molecule has 0 aliphatic rings. The van der Waals surface area contributed by atoms with Crippen molar-refractivity contribution >= 4 is 27.5 Å². The van der Waals surface area contributed by atoms with Crippen molar-refractivity contribution in [1.29, 1.82) is 0 Å². The number of carbonyl (C=O) groups is 1. The maximum Gasteiger partial charge on any atom is 0.367 e. The zero-order valence-electron chi connectivity index (χ0n) is 8.19. The number of rotatable bonds is 2. The van der Waals surface area contributed by atoms with Gasteiger partial charge in [-0.3, -0.25) is 0 Å². The van der Waals surface area contributed by atoms with Gasteiger partial charge in [0.15, 0.2) is 0 Å². The lowest BCUT2D eigenvalue weighted by Crippen LogP contribution is -1.99. The Balaban J connectivity index is 2.51. The van der Waals surface area contributed by atoms with Gasteiger partial charge in [0.1, 0.15) is 0 Å². The van der Waals surface area contributed by atoms with Crippen LogP contribution in [-0.4, -0.2) is 18.1 Å². The zero-order valence-corrected chi connectivity index (χ0v) is 9.00. The van der Waals surface area contributed by atoms with Crippen molar-refractivity contribution in [2.75, 3.05) is 7.11 Å². The third-order valence-electron chi connectivity index (χ3n) is 2.05. The van der Waals surface area contributed by atoms with Crippen molar-refractivity contribution in [1.82, 2.24) is 4.98 Å². The van der Waals surface area contributed by atoms with E-state index in [1.165, 1.54) is 18.4 Å². The van der Waals surface area contributed by atoms with E-state index in [2.05, 4.69) is 9.72 Å². The van der Waals surface area contributed by atoms with Crippen LogP contribution >= 0.6 is 11.3 Å². The van der Waals surface area contributed by atoms with Crippen molar-refractivity contribution in [3.05, 3.63) is 28.8 Å². The number of thiazole rings is 1. The summed E-state index contributed by atoms with van der Waals surface area (Å²) in [7, 11) is 1.35. The van der Waals surface area contributed by atoms with E-state index in [-0.39, 0.29) is 0 Å². The fourth-order valence-corrected chi connectivity index (χ4v) is 2.14. The smallest absolute Gasteiger partial charge is 0.367 e. The lowest BCUT2D eigenvalue weighted by molar-refractivity contribution is 0.0600. The minimum Gasteiger partial charge on any atom is -0.464 e. The van der Waals surface area contributed by atoms with Gasteiger partial charge in [-0.2, -0.15) is 0 Å². The summed E-state index contributed by atoms with van der Waals surface area (Å²) < 4.78 is 5.57. The van der Waals surface area contributed by atoms with Gasteiger partial charge >= 0.3 is 5.97 Å². The number of aromatic nitrogens is 1. The summed E-state index contributed by atoms with van der Waals surface area (Å²) in [6.45, 7) is 0.473. The van der Waals surface area contributed by atoms with Gasteiger partial charge in [0, 0.05) is 6.54 Å². The number of esters is 1. The molecule has 1 aromatic heterocycles. The Morgan fingerprint density at radius 1 is 1.60 bits per heavy atom. The molecule has 1 heterocycles. The van der Waals surface area contributed by atoms with E-state index in [4.69, 9.17) is 5.73 Å². The lowest BCUT2D eigenvalue weighted by Gasteiger charge is -1.93. The molecule has 5 heteroatoms. The summed E-state index contributed by atoms with van der Waals surface area (Å²) in [6.07, 6.45) is 0. The molecule has 2 aromatic rings. The molecule has 0 fully saturated rings. The van der Waals surface area contributed by atoms with Gasteiger partial charge in [-0.1, -0.05) is 6.07 Å². The van der Waals surface area contributed by atoms with Crippen LogP contribution in [0.15, 0.2) is 18.2 Å². The first kappa shape index (κ1) is 10.1. The van der Waals surface area contributed by atoms with E-state index in [1.54, 1.807) is 0 Å². The van der Waals surface area contributed by atoms with E-state index in [0.717, 1.165) is 15.8 Å². The number of nitrogens with zero attached hydrogens (tertiary/aromatic N) is 1. The Labute approximate surface area is 90.7 Å². The molecule has 0 aliphatic heterocycles. The molecule has 4 nitrogen and oxygen atoms in total. The monoisotopic (exact) mass is 222 g/mol. The van der Waals surface area contributed by atoms with E-state index in [9.17, 15) is 4.79 Å². The molecule has 0 aliphatic carbocycles. The van der Waals surface area contributed by atoms with Crippen LogP contribution in [0.1, 0.15) is 15.4 Å². The molecular weight excluding hydrogens is 212 g/mol. The number of carbonyl (C=O) groups excluding carboxylic acids is 1. The standard InChI is InChI=1S/C10H10N2O2S/c1-14-10(13)9-12-7-4-6(5-11)2-3-8(7)15-9/h2-4H,5,11H2,1H3. The average Bonchev–Trinajstić information content (AvgIpc) is 2.70. The van der Waals surface area contributed by atoms with Crippen molar-refractivity contribution in [3.8, 4) is 0 Å². The molecule has 0 saturated carbocycles. The molecule has 1 aromatic carbocycles. The van der Waals surface area contributed by atoms with Crippen molar-refractivity contribution < 1.29 is 9.53 Å². The summed E-state index contributed by atoms with van der Waals surface area (Å²) in [5.74, 6) is -0.398. The molecular formula is C10H10N2O2S. The first-order chi connectivity index (χ1) is 7.24. The highest BCUT2D eigenvalue weighted by Gasteiger charge is 2.11. The number of benzene rings is 1. The Kier molecular flexibility index (Phi) is 2.66. The van der Waals surface area contributed by atoms with Crippen molar-refractivity contribution in [2.24, 2.45) is 5.73 Å². The van der Waals surface area contributed by atoms with Gasteiger partial charge in [0.05, 0.1) is 17.3 Å². The summed E-state index contributed by atoms with van der Waals surface area (Å²) in [5, 5.41) is 0.377. The minimum absolute atomic E-state index is 0.377. The number of fused-ring (bicyclic) bond motifs is 1. The van der Waals surface area contributed by atoms with Gasteiger partial charge in [-0.25, -0.2) is 9.78 Å². The van der Waals surface area contributed by atoms with Gasteiger partial charge in [-0.15, -0.1) is 11.3 Å². The van der Waals surface area contributed by atoms with Crippen LogP contribution in [0.25, 0.3) is 10.2 Å². The second-order valence-electron chi connectivity index (χ2n) is 3.02. The topological polar surface area (TPSA) is 65.2 Å². The highest BCUT2D eigenvalue weighted by Crippen LogP contribution is 2.23. The fourth-order valence-electron chi connectivity index (χ4n) is 1.27. The summed E-state index contributed by atoms with van der Waals surface area (Å²) >= 11 is 1.32. The van der Waals surface area contributed by atoms with Crippen LogP contribution in [0.2, 0.25) is 0 Å². The Morgan fingerprint density at radius 2 is 2.40 bits per heavy atom. The Bertz CT molecular complexity index is 507. The Hall–Kier alpha value is -1.46. The van der Waals surface area contributed by atoms with E-state index < -0.39 is 5.97 Å². The van der Waals surface area contributed by atoms with Gasteiger partial charge in [-0.05, 0) is 17.7 Å². The van der Waals surface area contributed by atoms with Gasteiger partial charge in [0.25, 0.3) is 0 Å². The third-order valence-corrected chi connectivity index (χ3v) is 3.06. The number of hydrogen-bond acceptors (Lipinski definition) is 5. The fraction of sp³-hybridized carbons (Fsp3) is 0.200. The zero-order chi connectivity index (χ0) is 10.8. The lowest BCUT2D eigenvalue weighted by atomic mass is 10.2. The van der Waals surface area contributed by atoms with E-state index in [1.807, 2.05) is 18.2 Å². The normalized spacial score (nSPS) is 10.5. The molecule has 78 valence electrons. The summed E-state index contributed by atoms with van der Waals surface area (Å²) in [4.78, 5) is 15.4. The Morgan fingerprint density at radius 3 is 3.07 bits per heavy atom. The van der Waals surface area contributed by atoms with E-state index >= 15 is 0 Å². The first-order valence-electron chi connectivity index (χ1n) is 4.42. The quantitative estimate of drug-likeness (QED) is 0.783. The third kappa shape index (κ3) is 1.84. The summed E-state index contributed by atoms with van der Waals surface area (Å²) in [5.41, 5.74) is 7.32. The second kappa shape index (κ2) is 3.96. The molecule has 0 radical (unpaired) electrons. The first-order valence-corrected chi connectivity index (χ1v) is 5.24. The van der Waals surface area contributed by atoms with Crippen LogP contribution < -0.4 is 5.73 Å². The molecule has 0 unspecified atom stereocenters. The molecule has 0 spiro atoms. The van der Waals surface area contributed by atoms with Gasteiger partial charge in [0.2, 0.25) is 5.01 Å². The van der Waals surface area contributed by atoms with Crippen LogP contribution in [0.3, 0.4) is 0 Å². The highest BCUT2D eigenvalue weighted by atomic mass is 32.1. The molecule has 15 heavy (non-hydrogen) atoms. The molecule has 0 bridgehead atoms. The maximum atomic E-state index is 11.2. The number of nitrogens with two attached hydrogens (primary N) is 1. The molecule has 2 rings (SSSR count). The SMILES string of the molecule is COC(=O)c1nc2cc(CN)ccc2s1. The van der Waals surface area contributed by atoms with Crippen LogP contribution in [-0.2, 0) is 11.3 Å². The minimum atomic E-state index is -0.398. The largest absolute Gasteiger partial charge is 0.464 e. The van der Waals surface area contributed by atoms with Crippen molar-refractivity contribution in [3.63, 3.8) is 0 Å². The van der Waals surface area contributed by atoms with Crippen LogP contribution in [0.4, 0.5) is 0 Å². The number of hydrogen-bond donors (Lipinski definition) is 1. The summed E-state index contributed by atoms with van der Waals surface area (Å²) in [6, 6.07) is 5.74. The predicted molar refractivity (Wildman–Crippen MR) is 58.9 cm³/mol. The van der Waals surface area contributed by atoms with Gasteiger partial charge < -0.3 is 10.5 Å². The molecule has 0 atom stereocenters. The number of ether oxygens (including phenoxy) is 1. The highest BCUT2D eigenvalue weighted by molar-refractivity contribution is 7.20. The van der Waals surface area contributed by atoms with E-state index in [0.29, 0.717) is 11.6 Å². The van der Waals surface area contributed by atoms with Crippen molar-refractivity contribution in [2.45, 2.75) is 6.54 Å². The maximum absolute atomic E-state index is 11.2. The average molecular weight is 222 g/mol. The molecule has 0 amide bonds. The van der Waals surface area contributed by atoms with Crippen LogP contribution in [0, 0.1) is 0 Å². The predicted octanol–water partition coefficient (Wildman–Crippen LogP) is 1.54. The molecule has 0 saturated heterocycles. The molecule has 2 N–H and O–H groups in total. The van der Waals surface area contributed by atoms with Crippen LogP contribution in [0.5, 0.6) is 0 Å².